The summed E-state index contributed by atoms with van der Waals surface area (Å²) in [4.78, 5) is 23.9. The van der Waals surface area contributed by atoms with Crippen molar-refractivity contribution < 1.29 is 18.9 Å². The number of hydrogen-bond donors (Lipinski definition) is 1. The minimum Gasteiger partial charge on any atom is -0.450 e. The van der Waals surface area contributed by atoms with Gasteiger partial charge in [-0.2, -0.15) is 0 Å². The van der Waals surface area contributed by atoms with Crippen LogP contribution in [0, 0.1) is 5.92 Å². The molecular weight excluding hydrogens is 246 g/mol. The monoisotopic (exact) mass is 272 g/mol. The molecule has 0 aromatic rings. The summed E-state index contributed by atoms with van der Waals surface area (Å²) < 4.78 is 4.45. The van der Waals surface area contributed by atoms with Gasteiger partial charge in [-0.3, -0.25) is 0 Å². The molecule has 2 unspecified atom stereocenters. The zero-order valence-electron chi connectivity index (χ0n) is 12.6. The van der Waals surface area contributed by atoms with Crippen LogP contribution in [0.3, 0.4) is 0 Å². The Morgan fingerprint density at radius 2 is 1.84 bits per heavy atom. The Balaban J connectivity index is 2.67. The summed E-state index contributed by atoms with van der Waals surface area (Å²) in [5.74, 6) is 0.487. The third-order valence-electron chi connectivity index (χ3n) is 4.11. The Labute approximate surface area is 115 Å². The van der Waals surface area contributed by atoms with Gasteiger partial charge in [0.1, 0.15) is 14.1 Å². The number of hydrogen-bond acceptors (Lipinski definition) is 3. The van der Waals surface area contributed by atoms with Crippen molar-refractivity contribution in [3.8, 4) is 0 Å². The summed E-state index contributed by atoms with van der Waals surface area (Å²) in [5.41, 5.74) is 0. The van der Waals surface area contributed by atoms with Crippen molar-refractivity contribution in [3.05, 3.63) is 0 Å². The van der Waals surface area contributed by atoms with E-state index in [1.807, 2.05) is 0 Å². The van der Waals surface area contributed by atoms with Gasteiger partial charge >= 0.3 is 12.1 Å². The fourth-order valence-electron chi connectivity index (χ4n) is 2.32. The van der Waals surface area contributed by atoms with Crippen LogP contribution < -0.4 is 5.32 Å². The number of amides is 3. The van der Waals surface area contributed by atoms with Crippen LogP contribution in [0.2, 0.25) is 0 Å². The van der Waals surface area contributed by atoms with E-state index in [2.05, 4.69) is 17.0 Å². The van der Waals surface area contributed by atoms with E-state index < -0.39 is 6.09 Å². The maximum absolute atomic E-state index is 12.4. The fraction of sp³-hybridized carbons (Fsp3) is 0.846. The largest absolute Gasteiger partial charge is 0.454 e. The Morgan fingerprint density at radius 3 is 2.37 bits per heavy atom. The number of methoxy groups -OCH3 is 1. The molecule has 0 radical (unpaired) electrons. The summed E-state index contributed by atoms with van der Waals surface area (Å²) in [5, 5.41) is 4.32. The van der Waals surface area contributed by atoms with Gasteiger partial charge in [0, 0.05) is 6.04 Å². The first-order chi connectivity index (χ1) is 8.80. The maximum Gasteiger partial charge on any atom is 0.454 e. The lowest BCUT2D eigenvalue weighted by Gasteiger charge is -2.36. The molecule has 1 saturated carbocycles. The molecule has 0 aliphatic heterocycles. The van der Waals surface area contributed by atoms with Gasteiger partial charge in [0.25, 0.3) is 0 Å². The molecule has 6 nitrogen and oxygen atoms in total. The Morgan fingerprint density at radius 1 is 1.26 bits per heavy atom. The molecule has 2 atom stereocenters. The van der Waals surface area contributed by atoms with Crippen LogP contribution in [0.15, 0.2) is 0 Å². The molecule has 1 aliphatic rings. The molecule has 1 rings (SSSR count). The Hall–Kier alpha value is -1.30. The number of carbonyl (C=O) groups is 2. The summed E-state index contributed by atoms with van der Waals surface area (Å²) in [6.07, 6.45) is 4.00. The van der Waals surface area contributed by atoms with Gasteiger partial charge in [-0.05, 0) is 18.8 Å². The van der Waals surface area contributed by atoms with Crippen LogP contribution in [0.5, 0.6) is 0 Å². The van der Waals surface area contributed by atoms with Crippen molar-refractivity contribution in [1.29, 1.82) is 0 Å². The van der Waals surface area contributed by atoms with Crippen LogP contribution in [0.1, 0.15) is 32.6 Å². The van der Waals surface area contributed by atoms with Crippen LogP contribution in [-0.2, 0) is 4.74 Å². The highest BCUT2D eigenvalue weighted by atomic mass is 16.5. The molecule has 19 heavy (non-hydrogen) atoms. The molecule has 0 aromatic heterocycles. The van der Waals surface area contributed by atoms with Crippen LogP contribution >= 0.6 is 0 Å². The van der Waals surface area contributed by atoms with Gasteiger partial charge in [0.05, 0.1) is 14.2 Å². The highest BCUT2D eigenvalue weighted by molar-refractivity contribution is 5.71. The van der Waals surface area contributed by atoms with E-state index in [1.54, 1.807) is 21.1 Å². The SMILES string of the molecule is COC(=O)N(C)[N+](C)(C)C(=O)NC1CCCCC1C. The first-order valence-electron chi connectivity index (χ1n) is 6.78. The van der Waals surface area contributed by atoms with E-state index in [0.29, 0.717) is 5.92 Å². The third-order valence-corrected chi connectivity index (χ3v) is 4.11. The average molecular weight is 272 g/mol. The van der Waals surface area contributed by atoms with Gasteiger partial charge in [-0.25, -0.2) is 9.59 Å². The molecule has 1 N–H and O–H groups in total. The smallest absolute Gasteiger partial charge is 0.450 e. The van der Waals surface area contributed by atoms with E-state index in [-0.39, 0.29) is 16.7 Å². The van der Waals surface area contributed by atoms with Crippen molar-refractivity contribution in [2.24, 2.45) is 5.92 Å². The van der Waals surface area contributed by atoms with Crippen molar-refractivity contribution in [1.82, 2.24) is 10.3 Å². The van der Waals surface area contributed by atoms with Gasteiger partial charge in [-0.1, -0.05) is 19.8 Å². The van der Waals surface area contributed by atoms with Gasteiger partial charge in [0.2, 0.25) is 0 Å². The molecular formula is C13H26N3O3+. The first kappa shape index (κ1) is 15.8. The zero-order chi connectivity index (χ0) is 14.6. The summed E-state index contributed by atoms with van der Waals surface area (Å²) in [6.45, 7) is 2.16. The van der Waals surface area contributed by atoms with Crippen LogP contribution in [-0.4, -0.2) is 56.0 Å². The number of nitrogens with zero attached hydrogens (tertiary/aromatic N) is 2. The Kier molecular flexibility index (Phi) is 5.17. The zero-order valence-corrected chi connectivity index (χ0v) is 12.6. The summed E-state index contributed by atoms with van der Waals surface area (Å²) in [7, 11) is 6.19. The molecule has 0 aromatic carbocycles. The molecule has 1 aliphatic carbocycles. The standard InChI is InChI=1S/C13H25N3O3/c1-10-8-6-7-9-11(10)14-12(17)16(3,4)15(2)13(18)19-5/h10-11H,6-9H2,1-5H3/p+1. The highest BCUT2D eigenvalue weighted by Crippen LogP contribution is 2.24. The molecule has 110 valence electrons. The lowest BCUT2D eigenvalue weighted by atomic mass is 9.86. The highest BCUT2D eigenvalue weighted by Gasteiger charge is 2.38. The van der Waals surface area contributed by atoms with E-state index in [4.69, 9.17) is 0 Å². The Bertz CT molecular complexity index is 344. The molecule has 0 heterocycles. The van der Waals surface area contributed by atoms with Crippen molar-refractivity contribution in [2.45, 2.75) is 38.6 Å². The van der Waals surface area contributed by atoms with E-state index in [9.17, 15) is 9.59 Å². The minimum absolute atomic E-state index is 0.188. The second kappa shape index (κ2) is 6.23. The van der Waals surface area contributed by atoms with Crippen molar-refractivity contribution in [3.63, 3.8) is 0 Å². The first-order valence-corrected chi connectivity index (χ1v) is 6.78. The molecule has 6 heteroatoms. The molecule has 0 bridgehead atoms. The number of quaternary nitrogens is 1. The van der Waals surface area contributed by atoms with Crippen molar-refractivity contribution in [2.75, 3.05) is 28.3 Å². The predicted octanol–water partition coefficient (Wildman–Crippen LogP) is 1.96. The van der Waals surface area contributed by atoms with Gasteiger partial charge in [-0.15, -0.1) is 9.60 Å². The number of ether oxygens (including phenoxy) is 1. The van der Waals surface area contributed by atoms with E-state index in [1.165, 1.54) is 18.5 Å². The number of carbonyl (C=O) groups excluding carboxylic acids is 2. The quantitative estimate of drug-likeness (QED) is 0.586. The third kappa shape index (κ3) is 3.59. The average Bonchev–Trinajstić information content (AvgIpc) is 2.39. The number of rotatable bonds is 1. The van der Waals surface area contributed by atoms with Crippen molar-refractivity contribution >= 4 is 12.1 Å². The molecule has 1 fully saturated rings. The topological polar surface area (TPSA) is 58.6 Å². The summed E-state index contributed by atoms with van der Waals surface area (Å²) >= 11 is 0. The number of nitrogens with one attached hydrogen (secondary N) is 1. The summed E-state index contributed by atoms with van der Waals surface area (Å²) in [6, 6.07) is 0.0105. The van der Waals surface area contributed by atoms with Gasteiger partial charge in [0.15, 0.2) is 0 Å². The van der Waals surface area contributed by atoms with Crippen LogP contribution in [0.25, 0.3) is 0 Å². The predicted molar refractivity (Wildman–Crippen MR) is 72.2 cm³/mol. The number of urea groups is 1. The maximum atomic E-state index is 12.4. The van der Waals surface area contributed by atoms with Gasteiger partial charge < -0.3 is 10.1 Å². The lowest BCUT2D eigenvalue weighted by Crippen LogP contribution is -2.63. The normalized spacial score (nSPS) is 23.6. The molecule has 0 spiro atoms. The molecule has 0 saturated heterocycles. The van der Waals surface area contributed by atoms with Crippen LogP contribution in [0.4, 0.5) is 9.59 Å². The van der Waals surface area contributed by atoms with E-state index >= 15 is 0 Å². The minimum atomic E-state index is -0.531. The van der Waals surface area contributed by atoms with E-state index in [0.717, 1.165) is 19.3 Å². The lowest BCUT2D eigenvalue weighted by molar-refractivity contribution is -0.915. The second-order valence-electron chi connectivity index (χ2n) is 5.71. The fourth-order valence-corrected chi connectivity index (χ4v) is 2.32. The molecule has 3 amide bonds. The second-order valence-corrected chi connectivity index (χ2v) is 5.71.